The van der Waals surface area contributed by atoms with Crippen molar-refractivity contribution in [1.29, 1.82) is 0 Å². The zero-order valence-electron chi connectivity index (χ0n) is 11.8. The van der Waals surface area contributed by atoms with Crippen LogP contribution in [0.15, 0.2) is 0 Å². The molecule has 19 heavy (non-hydrogen) atoms. The molecule has 5 nitrogen and oxygen atoms in total. The molecule has 2 fully saturated rings. The van der Waals surface area contributed by atoms with Crippen LogP contribution < -0.4 is 5.32 Å². The zero-order chi connectivity index (χ0) is 14.0. The van der Waals surface area contributed by atoms with Crippen molar-refractivity contribution in [2.75, 3.05) is 26.2 Å². The molecule has 3 atom stereocenters. The molecule has 1 N–H and O–H groups in total. The number of amides is 1. The van der Waals surface area contributed by atoms with Gasteiger partial charge in [0.25, 0.3) is 0 Å². The third-order valence-electron chi connectivity index (χ3n) is 3.33. The summed E-state index contributed by atoms with van der Waals surface area (Å²) in [5.74, 6) is 0. The molecule has 0 radical (unpaired) electrons. The van der Waals surface area contributed by atoms with Gasteiger partial charge in [0.1, 0.15) is 11.8 Å². The number of likely N-dealkylation sites (tertiary alicyclic amines) is 1. The summed E-state index contributed by atoms with van der Waals surface area (Å²) in [6.45, 7) is 7.21. The summed E-state index contributed by atoms with van der Waals surface area (Å²) in [5, 5.41) is 3.14. The fraction of sp³-hybridized carbons (Fsp3) is 0.923. The van der Waals surface area contributed by atoms with E-state index in [4.69, 9.17) is 9.47 Å². The van der Waals surface area contributed by atoms with Crippen molar-refractivity contribution in [2.24, 2.45) is 0 Å². The molecule has 1 amide bonds. The molecule has 0 bridgehead atoms. The van der Waals surface area contributed by atoms with Gasteiger partial charge in [-0.3, -0.25) is 0 Å². The molecular formula is C13H23FN2O3. The molecular weight excluding hydrogens is 251 g/mol. The second-order valence-corrected chi connectivity index (χ2v) is 6.12. The molecule has 0 aromatic rings. The quantitative estimate of drug-likeness (QED) is 0.724. The minimum Gasteiger partial charge on any atom is -0.444 e. The average molecular weight is 274 g/mol. The summed E-state index contributed by atoms with van der Waals surface area (Å²) in [4.78, 5) is 13.4. The summed E-state index contributed by atoms with van der Waals surface area (Å²) < 4.78 is 25.1. The number of rotatable bonds is 0. The predicted molar refractivity (Wildman–Crippen MR) is 68.9 cm³/mol. The molecule has 0 saturated carbocycles. The van der Waals surface area contributed by atoms with Crippen LogP contribution in [0.2, 0.25) is 0 Å². The molecule has 2 saturated heterocycles. The topological polar surface area (TPSA) is 50.8 Å². The van der Waals surface area contributed by atoms with Gasteiger partial charge >= 0.3 is 6.09 Å². The van der Waals surface area contributed by atoms with E-state index in [0.29, 0.717) is 26.1 Å². The van der Waals surface area contributed by atoms with Gasteiger partial charge in [0, 0.05) is 13.1 Å². The Balaban J connectivity index is 1.99. The molecule has 0 unspecified atom stereocenters. The van der Waals surface area contributed by atoms with E-state index in [1.54, 1.807) is 20.8 Å². The van der Waals surface area contributed by atoms with E-state index in [0.717, 1.165) is 0 Å². The second-order valence-electron chi connectivity index (χ2n) is 6.12. The summed E-state index contributed by atoms with van der Waals surface area (Å²) >= 11 is 0. The van der Waals surface area contributed by atoms with E-state index < -0.39 is 17.9 Å². The Hall–Kier alpha value is -0.880. The van der Waals surface area contributed by atoms with Gasteiger partial charge < -0.3 is 19.7 Å². The molecule has 110 valence electrons. The Labute approximate surface area is 113 Å². The van der Waals surface area contributed by atoms with Crippen LogP contribution in [0.25, 0.3) is 0 Å². The number of morpholine rings is 1. The number of carbonyl (C=O) groups excluding carboxylic acids is 1. The van der Waals surface area contributed by atoms with Crippen LogP contribution in [0.4, 0.5) is 9.18 Å². The van der Waals surface area contributed by atoms with Gasteiger partial charge in [-0.2, -0.15) is 0 Å². The Morgan fingerprint density at radius 3 is 2.89 bits per heavy atom. The third-order valence-corrected chi connectivity index (χ3v) is 3.33. The maximum atomic E-state index is 14.2. The van der Waals surface area contributed by atoms with Crippen molar-refractivity contribution < 1.29 is 18.7 Å². The molecule has 0 aliphatic carbocycles. The van der Waals surface area contributed by atoms with E-state index >= 15 is 0 Å². The summed E-state index contributed by atoms with van der Waals surface area (Å²) in [6.07, 6.45) is -1.09. The lowest BCUT2D eigenvalue weighted by atomic mass is 10.0. The number of nitrogens with one attached hydrogen (secondary N) is 1. The lowest BCUT2D eigenvalue weighted by molar-refractivity contribution is -0.0227. The van der Waals surface area contributed by atoms with E-state index in [-0.39, 0.29) is 18.7 Å². The second kappa shape index (κ2) is 5.63. The summed E-state index contributed by atoms with van der Waals surface area (Å²) in [5.41, 5.74) is -0.559. The van der Waals surface area contributed by atoms with Gasteiger partial charge in [-0.25, -0.2) is 9.18 Å². The molecule has 2 aliphatic rings. The van der Waals surface area contributed by atoms with Gasteiger partial charge in [-0.1, -0.05) is 0 Å². The summed E-state index contributed by atoms with van der Waals surface area (Å²) in [7, 11) is 0. The first-order valence-corrected chi connectivity index (χ1v) is 6.84. The zero-order valence-corrected chi connectivity index (χ0v) is 11.8. The number of hydrogen-bond acceptors (Lipinski definition) is 4. The number of nitrogens with zero attached hydrogens (tertiary/aromatic N) is 1. The molecule has 0 spiro atoms. The van der Waals surface area contributed by atoms with Crippen molar-refractivity contribution in [3.8, 4) is 0 Å². The SMILES string of the molecule is CC(C)(C)OC(=O)N1CC[C@H]2OCCN[C@H]2[C@H](F)C1. The molecule has 2 heterocycles. The lowest BCUT2D eigenvalue weighted by Crippen LogP contribution is -2.53. The van der Waals surface area contributed by atoms with Gasteiger partial charge in [-0.05, 0) is 27.2 Å². The standard InChI is InChI=1S/C13H23FN2O3/c1-13(2,3)19-12(17)16-6-4-10-11(9(14)8-16)15-5-7-18-10/h9-11,15H,4-8H2,1-3H3/t9-,10-,11+/m1/s1. The maximum absolute atomic E-state index is 14.2. The van der Waals surface area contributed by atoms with Crippen molar-refractivity contribution in [3.63, 3.8) is 0 Å². The average Bonchev–Trinajstić information content (AvgIpc) is 2.48. The number of alkyl halides is 1. The first kappa shape index (κ1) is 14.5. The number of carbonyl (C=O) groups is 1. The van der Waals surface area contributed by atoms with Crippen LogP contribution in [0.1, 0.15) is 27.2 Å². The third kappa shape index (κ3) is 3.79. The minimum atomic E-state index is -1.12. The molecule has 6 heteroatoms. The van der Waals surface area contributed by atoms with Gasteiger partial charge in [0.05, 0.1) is 25.3 Å². The molecule has 2 rings (SSSR count). The van der Waals surface area contributed by atoms with Crippen molar-refractivity contribution in [1.82, 2.24) is 10.2 Å². The summed E-state index contributed by atoms with van der Waals surface area (Å²) in [6, 6.07) is -0.318. The molecule has 0 aromatic carbocycles. The highest BCUT2D eigenvalue weighted by atomic mass is 19.1. The Morgan fingerprint density at radius 1 is 1.47 bits per heavy atom. The van der Waals surface area contributed by atoms with Gasteiger partial charge in [-0.15, -0.1) is 0 Å². The minimum absolute atomic E-state index is 0.0619. The highest BCUT2D eigenvalue weighted by molar-refractivity contribution is 5.68. The van der Waals surface area contributed by atoms with E-state index in [1.165, 1.54) is 4.90 Å². The Kier molecular flexibility index (Phi) is 4.30. The largest absolute Gasteiger partial charge is 0.444 e. The van der Waals surface area contributed by atoms with Gasteiger partial charge in [0.15, 0.2) is 0 Å². The first-order chi connectivity index (χ1) is 8.87. The highest BCUT2D eigenvalue weighted by Crippen LogP contribution is 2.21. The Morgan fingerprint density at radius 2 is 2.21 bits per heavy atom. The fourth-order valence-corrected chi connectivity index (χ4v) is 2.49. The number of fused-ring (bicyclic) bond motifs is 1. The van der Waals surface area contributed by atoms with Crippen LogP contribution in [0.5, 0.6) is 0 Å². The van der Waals surface area contributed by atoms with Crippen LogP contribution in [-0.4, -0.2) is 61.2 Å². The fourth-order valence-electron chi connectivity index (χ4n) is 2.49. The number of ether oxygens (including phenoxy) is 2. The lowest BCUT2D eigenvalue weighted by Gasteiger charge is -2.32. The monoisotopic (exact) mass is 274 g/mol. The van der Waals surface area contributed by atoms with Crippen molar-refractivity contribution in [3.05, 3.63) is 0 Å². The van der Waals surface area contributed by atoms with Crippen LogP contribution in [-0.2, 0) is 9.47 Å². The normalized spacial score (nSPS) is 32.4. The Bertz CT molecular complexity index is 332. The van der Waals surface area contributed by atoms with Crippen LogP contribution >= 0.6 is 0 Å². The van der Waals surface area contributed by atoms with E-state index in [9.17, 15) is 9.18 Å². The maximum Gasteiger partial charge on any atom is 0.410 e. The highest BCUT2D eigenvalue weighted by Gasteiger charge is 2.38. The van der Waals surface area contributed by atoms with Crippen molar-refractivity contribution >= 4 is 6.09 Å². The smallest absolute Gasteiger partial charge is 0.410 e. The first-order valence-electron chi connectivity index (χ1n) is 6.84. The predicted octanol–water partition coefficient (Wildman–Crippen LogP) is 1.32. The van der Waals surface area contributed by atoms with E-state index in [2.05, 4.69) is 5.32 Å². The molecule has 2 aliphatic heterocycles. The number of hydrogen-bond donors (Lipinski definition) is 1. The van der Waals surface area contributed by atoms with Crippen LogP contribution in [0.3, 0.4) is 0 Å². The van der Waals surface area contributed by atoms with E-state index in [1.807, 2.05) is 0 Å². The van der Waals surface area contributed by atoms with Crippen molar-refractivity contribution in [2.45, 2.75) is 51.1 Å². The molecule has 0 aromatic heterocycles. The number of halogens is 1. The van der Waals surface area contributed by atoms with Crippen LogP contribution in [0, 0.1) is 0 Å². The van der Waals surface area contributed by atoms with Gasteiger partial charge in [0.2, 0.25) is 0 Å².